The van der Waals surface area contributed by atoms with Gasteiger partial charge < -0.3 is 10.5 Å². The van der Waals surface area contributed by atoms with Gasteiger partial charge in [-0.25, -0.2) is 21.6 Å². The van der Waals surface area contributed by atoms with E-state index in [9.17, 15) is 16.8 Å². The third kappa shape index (κ3) is 10.3. The first-order chi connectivity index (χ1) is 7.27. The van der Waals surface area contributed by atoms with Crippen molar-refractivity contribution < 1.29 is 21.6 Å². The Balaban J connectivity index is 3.80. The van der Waals surface area contributed by atoms with Crippen LogP contribution in [0.3, 0.4) is 0 Å². The van der Waals surface area contributed by atoms with Crippen LogP contribution in [0.1, 0.15) is 0 Å². The molecule has 0 aliphatic carbocycles. The molecule has 0 aromatic rings. The number of nitrogens with one attached hydrogen (secondary N) is 1. The fraction of sp³-hybridized carbons (Fsp3) is 1.00. The van der Waals surface area contributed by atoms with Crippen LogP contribution in [-0.2, 0) is 24.6 Å². The lowest BCUT2D eigenvalue weighted by Crippen LogP contribution is -2.32. The molecule has 0 radical (unpaired) electrons. The summed E-state index contributed by atoms with van der Waals surface area (Å²) in [5, 5.41) is 0. The molecule has 0 aromatic carbocycles. The van der Waals surface area contributed by atoms with Gasteiger partial charge in [-0.1, -0.05) is 0 Å². The lowest BCUT2D eigenvalue weighted by molar-refractivity contribution is 0.147. The number of sulfonamides is 1. The van der Waals surface area contributed by atoms with Crippen molar-refractivity contribution in [3.8, 4) is 0 Å². The molecule has 0 amide bonds. The molecule has 3 N–H and O–H groups in total. The zero-order chi connectivity index (χ0) is 12.7. The Morgan fingerprint density at radius 1 is 1.12 bits per heavy atom. The topological polar surface area (TPSA) is 116 Å². The van der Waals surface area contributed by atoms with Crippen molar-refractivity contribution in [1.29, 1.82) is 0 Å². The Morgan fingerprint density at radius 3 is 2.25 bits per heavy atom. The Morgan fingerprint density at radius 2 is 1.75 bits per heavy atom. The van der Waals surface area contributed by atoms with E-state index < -0.39 is 25.6 Å². The molecule has 16 heavy (non-hydrogen) atoms. The predicted molar refractivity (Wildman–Crippen MR) is 61.4 cm³/mol. The molecule has 0 rings (SSSR count). The Bertz CT molecular complexity index is 376. The van der Waals surface area contributed by atoms with Crippen LogP contribution in [0.4, 0.5) is 0 Å². The maximum Gasteiger partial charge on any atom is 0.212 e. The average Bonchev–Trinajstić information content (AvgIpc) is 2.14. The van der Waals surface area contributed by atoms with E-state index in [0.29, 0.717) is 13.2 Å². The largest absolute Gasteiger partial charge is 0.379 e. The molecule has 0 fully saturated rings. The highest BCUT2D eigenvalue weighted by molar-refractivity contribution is 7.93. The van der Waals surface area contributed by atoms with Crippen LogP contribution in [0.5, 0.6) is 0 Å². The summed E-state index contributed by atoms with van der Waals surface area (Å²) in [5.74, 6) is -0.811. The molecule has 0 spiro atoms. The normalized spacial score (nSPS) is 12.9. The van der Waals surface area contributed by atoms with E-state index in [-0.39, 0.29) is 18.9 Å². The monoisotopic (exact) mass is 274 g/mol. The third-order valence-electron chi connectivity index (χ3n) is 1.55. The van der Waals surface area contributed by atoms with Gasteiger partial charge in [-0.3, -0.25) is 0 Å². The summed E-state index contributed by atoms with van der Waals surface area (Å²) in [5.41, 5.74) is 5.16. The summed E-state index contributed by atoms with van der Waals surface area (Å²) >= 11 is 0. The maximum absolute atomic E-state index is 11.3. The summed E-state index contributed by atoms with van der Waals surface area (Å²) < 4.78 is 51.2. The van der Waals surface area contributed by atoms with Crippen LogP contribution in [-0.4, -0.2) is 60.9 Å². The molecule has 0 unspecified atom stereocenters. The minimum absolute atomic E-state index is 0.117. The molecule has 7 nitrogen and oxygen atoms in total. The van der Waals surface area contributed by atoms with E-state index in [0.717, 1.165) is 6.26 Å². The van der Waals surface area contributed by atoms with Gasteiger partial charge in [0.2, 0.25) is 10.0 Å². The Kier molecular flexibility index (Phi) is 7.07. The first-order valence-electron chi connectivity index (χ1n) is 4.70. The van der Waals surface area contributed by atoms with Crippen molar-refractivity contribution in [2.24, 2.45) is 5.73 Å². The smallest absolute Gasteiger partial charge is 0.212 e. The van der Waals surface area contributed by atoms with Gasteiger partial charge in [0.1, 0.15) is 9.84 Å². The quantitative estimate of drug-likeness (QED) is 0.466. The van der Waals surface area contributed by atoms with Crippen LogP contribution < -0.4 is 10.5 Å². The van der Waals surface area contributed by atoms with Crippen LogP contribution in [0, 0.1) is 0 Å². The van der Waals surface area contributed by atoms with Crippen LogP contribution in [0.2, 0.25) is 0 Å². The second-order valence-corrected chi connectivity index (χ2v) is 7.43. The summed E-state index contributed by atoms with van der Waals surface area (Å²) in [6.07, 6.45) is 0.993. The molecular weight excluding hydrogens is 256 g/mol. The first kappa shape index (κ1) is 15.8. The van der Waals surface area contributed by atoms with Crippen LogP contribution >= 0.6 is 0 Å². The molecule has 0 atom stereocenters. The highest BCUT2D eigenvalue weighted by Gasteiger charge is 2.13. The SMILES string of the molecule is CS(=O)(=O)CCS(=O)(=O)NCCOCCN. The predicted octanol–water partition coefficient (Wildman–Crippen LogP) is -2.07. The lowest BCUT2D eigenvalue weighted by Gasteiger charge is -2.06. The minimum atomic E-state index is -3.54. The first-order valence-corrected chi connectivity index (χ1v) is 8.41. The number of sulfone groups is 1. The van der Waals surface area contributed by atoms with Crippen molar-refractivity contribution in [2.45, 2.75) is 0 Å². The fourth-order valence-corrected chi connectivity index (χ4v) is 3.42. The Labute approximate surface area is 96.3 Å². The van der Waals surface area contributed by atoms with E-state index in [1.54, 1.807) is 0 Å². The molecule has 0 aliphatic heterocycles. The Hall–Kier alpha value is -0.220. The van der Waals surface area contributed by atoms with E-state index >= 15 is 0 Å². The van der Waals surface area contributed by atoms with Gasteiger partial charge >= 0.3 is 0 Å². The minimum Gasteiger partial charge on any atom is -0.379 e. The average molecular weight is 274 g/mol. The fourth-order valence-electron chi connectivity index (χ4n) is 0.788. The van der Waals surface area contributed by atoms with Crippen molar-refractivity contribution >= 4 is 19.9 Å². The van der Waals surface area contributed by atoms with E-state index in [1.165, 1.54) is 0 Å². The van der Waals surface area contributed by atoms with Gasteiger partial charge in [0.25, 0.3) is 0 Å². The molecule has 98 valence electrons. The summed E-state index contributed by atoms with van der Waals surface area (Å²) in [7, 11) is -6.81. The van der Waals surface area contributed by atoms with Crippen molar-refractivity contribution in [3.05, 3.63) is 0 Å². The maximum atomic E-state index is 11.3. The van der Waals surface area contributed by atoms with Crippen molar-refractivity contribution in [2.75, 3.05) is 44.1 Å². The zero-order valence-corrected chi connectivity index (χ0v) is 10.8. The molecule has 0 saturated carbocycles. The molecule has 0 saturated heterocycles. The van der Waals surface area contributed by atoms with Gasteiger partial charge in [0.15, 0.2) is 0 Å². The van der Waals surface area contributed by atoms with Gasteiger partial charge in [0, 0.05) is 19.3 Å². The van der Waals surface area contributed by atoms with E-state index in [4.69, 9.17) is 10.5 Å². The number of hydrogen-bond acceptors (Lipinski definition) is 6. The molecule has 0 aromatic heterocycles. The summed E-state index contributed by atoms with van der Waals surface area (Å²) in [6, 6.07) is 0. The molecule has 0 aliphatic rings. The summed E-state index contributed by atoms with van der Waals surface area (Å²) in [6.45, 7) is 1.08. The van der Waals surface area contributed by atoms with Crippen molar-refractivity contribution in [1.82, 2.24) is 4.72 Å². The van der Waals surface area contributed by atoms with E-state index in [2.05, 4.69) is 4.72 Å². The van der Waals surface area contributed by atoms with Gasteiger partial charge in [-0.2, -0.15) is 0 Å². The van der Waals surface area contributed by atoms with Gasteiger partial charge in [-0.15, -0.1) is 0 Å². The highest BCUT2D eigenvalue weighted by Crippen LogP contribution is 1.89. The van der Waals surface area contributed by atoms with E-state index in [1.807, 2.05) is 0 Å². The molecule has 0 heterocycles. The number of rotatable bonds is 9. The lowest BCUT2D eigenvalue weighted by atomic mass is 10.7. The molecular formula is C7H18N2O5S2. The number of nitrogens with two attached hydrogens (primary N) is 1. The van der Waals surface area contributed by atoms with Gasteiger partial charge in [-0.05, 0) is 0 Å². The van der Waals surface area contributed by atoms with Crippen molar-refractivity contribution in [3.63, 3.8) is 0 Å². The third-order valence-corrected chi connectivity index (χ3v) is 4.14. The standard InChI is InChI=1S/C7H18N2O5S2/c1-15(10,11)6-7-16(12,13)9-3-5-14-4-2-8/h9H,2-8H2,1H3. The molecule has 9 heteroatoms. The number of hydrogen-bond donors (Lipinski definition) is 2. The van der Waals surface area contributed by atoms with Crippen LogP contribution in [0.15, 0.2) is 0 Å². The number of ether oxygens (including phenoxy) is 1. The van der Waals surface area contributed by atoms with Gasteiger partial charge in [0.05, 0.1) is 24.7 Å². The van der Waals surface area contributed by atoms with Crippen LogP contribution in [0.25, 0.3) is 0 Å². The second-order valence-electron chi connectivity index (χ2n) is 3.24. The highest BCUT2D eigenvalue weighted by atomic mass is 32.2. The second kappa shape index (κ2) is 7.17. The zero-order valence-electron chi connectivity index (χ0n) is 9.18. The summed E-state index contributed by atoms with van der Waals surface area (Å²) in [4.78, 5) is 0. The molecule has 0 bridgehead atoms.